The standard InChI is InChI=1S/C18H36N2O/c1-17(2,3)16-7-5-10-20(11-8-16)14-18(13-19-4)9-6-12-21-15-18/h16,19H,5-15H2,1-4H3. The maximum Gasteiger partial charge on any atom is 0.0546 e. The molecule has 21 heavy (non-hydrogen) atoms. The summed E-state index contributed by atoms with van der Waals surface area (Å²) < 4.78 is 5.82. The van der Waals surface area contributed by atoms with Gasteiger partial charge in [-0.3, -0.25) is 0 Å². The first-order chi connectivity index (χ1) is 9.95. The molecule has 0 aromatic rings. The second-order valence-electron chi connectivity index (χ2n) is 8.46. The van der Waals surface area contributed by atoms with Crippen molar-refractivity contribution < 1.29 is 4.74 Å². The van der Waals surface area contributed by atoms with Gasteiger partial charge in [-0.2, -0.15) is 0 Å². The maximum atomic E-state index is 5.82. The molecule has 2 aliphatic heterocycles. The van der Waals surface area contributed by atoms with Gasteiger partial charge in [0.15, 0.2) is 0 Å². The summed E-state index contributed by atoms with van der Waals surface area (Å²) in [7, 11) is 2.08. The Kier molecular flexibility index (Phi) is 6.10. The highest BCUT2D eigenvalue weighted by atomic mass is 16.5. The molecule has 2 heterocycles. The molecule has 2 atom stereocenters. The highest BCUT2D eigenvalue weighted by Crippen LogP contribution is 2.36. The van der Waals surface area contributed by atoms with E-state index in [0.29, 0.717) is 10.8 Å². The van der Waals surface area contributed by atoms with E-state index in [1.54, 1.807) is 0 Å². The van der Waals surface area contributed by atoms with Crippen molar-refractivity contribution in [1.82, 2.24) is 10.2 Å². The van der Waals surface area contributed by atoms with Gasteiger partial charge in [0.25, 0.3) is 0 Å². The minimum Gasteiger partial charge on any atom is -0.381 e. The van der Waals surface area contributed by atoms with Gasteiger partial charge >= 0.3 is 0 Å². The molecule has 2 unspecified atom stereocenters. The molecule has 2 rings (SSSR count). The van der Waals surface area contributed by atoms with Gasteiger partial charge in [0, 0.05) is 25.1 Å². The Balaban J connectivity index is 1.92. The molecular formula is C18H36N2O. The Morgan fingerprint density at radius 2 is 2.00 bits per heavy atom. The van der Waals surface area contributed by atoms with E-state index in [4.69, 9.17) is 4.74 Å². The molecule has 2 saturated heterocycles. The first kappa shape index (κ1) is 17.2. The van der Waals surface area contributed by atoms with Crippen LogP contribution in [0.3, 0.4) is 0 Å². The number of hydrogen-bond acceptors (Lipinski definition) is 3. The van der Waals surface area contributed by atoms with Crippen LogP contribution in [0.1, 0.15) is 52.9 Å². The van der Waals surface area contributed by atoms with Gasteiger partial charge in [0.1, 0.15) is 0 Å². The van der Waals surface area contributed by atoms with Crippen LogP contribution in [0.4, 0.5) is 0 Å². The fourth-order valence-electron chi connectivity index (χ4n) is 4.26. The summed E-state index contributed by atoms with van der Waals surface area (Å²) in [6, 6.07) is 0. The van der Waals surface area contributed by atoms with E-state index in [1.807, 2.05) is 0 Å². The van der Waals surface area contributed by atoms with Crippen LogP contribution >= 0.6 is 0 Å². The lowest BCUT2D eigenvalue weighted by molar-refractivity contribution is -0.0252. The second kappa shape index (κ2) is 7.43. The highest BCUT2D eigenvalue weighted by Gasteiger charge is 2.35. The fraction of sp³-hybridized carbons (Fsp3) is 1.00. The van der Waals surface area contributed by atoms with Gasteiger partial charge in [0.05, 0.1) is 6.61 Å². The molecule has 0 bridgehead atoms. The fourth-order valence-corrected chi connectivity index (χ4v) is 4.26. The van der Waals surface area contributed by atoms with E-state index in [-0.39, 0.29) is 0 Å². The third-order valence-electron chi connectivity index (χ3n) is 5.56. The number of ether oxygens (including phenoxy) is 1. The number of nitrogens with zero attached hydrogens (tertiary/aromatic N) is 1. The van der Waals surface area contributed by atoms with E-state index in [9.17, 15) is 0 Å². The summed E-state index contributed by atoms with van der Waals surface area (Å²) in [5, 5.41) is 3.41. The molecule has 2 aliphatic rings. The van der Waals surface area contributed by atoms with Crippen LogP contribution in [0, 0.1) is 16.7 Å². The van der Waals surface area contributed by atoms with Crippen molar-refractivity contribution in [2.24, 2.45) is 16.7 Å². The average Bonchev–Trinajstić information content (AvgIpc) is 2.65. The van der Waals surface area contributed by atoms with Gasteiger partial charge in [-0.15, -0.1) is 0 Å². The van der Waals surface area contributed by atoms with Crippen LogP contribution in [0.2, 0.25) is 0 Å². The molecule has 0 radical (unpaired) electrons. The molecule has 0 aromatic heterocycles. The summed E-state index contributed by atoms with van der Waals surface area (Å²) >= 11 is 0. The van der Waals surface area contributed by atoms with E-state index in [2.05, 4.69) is 38.0 Å². The summed E-state index contributed by atoms with van der Waals surface area (Å²) in [5.74, 6) is 0.880. The first-order valence-corrected chi connectivity index (χ1v) is 8.90. The minimum absolute atomic E-state index is 0.342. The van der Waals surface area contributed by atoms with Gasteiger partial charge in [-0.25, -0.2) is 0 Å². The minimum atomic E-state index is 0.342. The van der Waals surface area contributed by atoms with Crippen LogP contribution in [0.5, 0.6) is 0 Å². The maximum absolute atomic E-state index is 5.82. The second-order valence-corrected chi connectivity index (χ2v) is 8.46. The predicted octanol–water partition coefficient (Wildman–Crippen LogP) is 3.15. The normalized spacial score (nSPS) is 32.9. The Hall–Kier alpha value is -0.120. The van der Waals surface area contributed by atoms with Crippen molar-refractivity contribution in [3.63, 3.8) is 0 Å². The zero-order chi connectivity index (χ0) is 15.3. The molecular weight excluding hydrogens is 260 g/mol. The van der Waals surface area contributed by atoms with Crippen LogP contribution in [-0.2, 0) is 4.74 Å². The zero-order valence-electron chi connectivity index (χ0n) is 14.7. The topological polar surface area (TPSA) is 24.5 Å². The molecule has 3 nitrogen and oxygen atoms in total. The first-order valence-electron chi connectivity index (χ1n) is 8.90. The molecule has 0 aromatic carbocycles. The SMILES string of the molecule is CNCC1(CN2CCCC(C(C)(C)C)CC2)CCCOC1. The molecule has 0 amide bonds. The van der Waals surface area contributed by atoms with Gasteiger partial charge in [-0.1, -0.05) is 20.8 Å². The van der Waals surface area contributed by atoms with Crippen molar-refractivity contribution in [2.45, 2.75) is 52.9 Å². The van der Waals surface area contributed by atoms with Crippen molar-refractivity contribution in [3.05, 3.63) is 0 Å². The monoisotopic (exact) mass is 296 g/mol. The van der Waals surface area contributed by atoms with Gasteiger partial charge in [0.2, 0.25) is 0 Å². The lowest BCUT2D eigenvalue weighted by Gasteiger charge is -2.40. The van der Waals surface area contributed by atoms with Crippen LogP contribution < -0.4 is 5.32 Å². The number of likely N-dealkylation sites (tertiary alicyclic amines) is 1. The van der Waals surface area contributed by atoms with Gasteiger partial charge < -0.3 is 15.0 Å². The van der Waals surface area contributed by atoms with Crippen molar-refractivity contribution in [3.8, 4) is 0 Å². The Labute approximate surface area is 131 Å². The molecule has 0 saturated carbocycles. The van der Waals surface area contributed by atoms with E-state index < -0.39 is 0 Å². The Morgan fingerprint density at radius 1 is 1.19 bits per heavy atom. The van der Waals surface area contributed by atoms with E-state index in [1.165, 1.54) is 51.7 Å². The molecule has 124 valence electrons. The van der Waals surface area contributed by atoms with Gasteiger partial charge in [-0.05, 0) is 63.6 Å². The lowest BCUT2D eigenvalue weighted by Crippen LogP contribution is -2.48. The summed E-state index contributed by atoms with van der Waals surface area (Å²) in [6.45, 7) is 14.0. The molecule has 0 spiro atoms. The van der Waals surface area contributed by atoms with E-state index in [0.717, 1.165) is 25.7 Å². The summed E-state index contributed by atoms with van der Waals surface area (Å²) in [5.41, 5.74) is 0.807. The number of rotatable bonds is 4. The summed E-state index contributed by atoms with van der Waals surface area (Å²) in [4.78, 5) is 2.72. The van der Waals surface area contributed by atoms with Crippen molar-refractivity contribution in [2.75, 3.05) is 46.4 Å². The Bertz CT molecular complexity index is 299. The third kappa shape index (κ3) is 4.94. The van der Waals surface area contributed by atoms with Crippen LogP contribution in [-0.4, -0.2) is 51.3 Å². The average molecular weight is 296 g/mol. The molecule has 2 fully saturated rings. The largest absolute Gasteiger partial charge is 0.381 e. The zero-order valence-corrected chi connectivity index (χ0v) is 14.7. The Morgan fingerprint density at radius 3 is 2.62 bits per heavy atom. The molecule has 3 heteroatoms. The molecule has 0 aliphatic carbocycles. The van der Waals surface area contributed by atoms with Crippen LogP contribution in [0.15, 0.2) is 0 Å². The van der Waals surface area contributed by atoms with Crippen molar-refractivity contribution >= 4 is 0 Å². The quantitative estimate of drug-likeness (QED) is 0.862. The highest BCUT2D eigenvalue weighted by molar-refractivity contribution is 4.88. The van der Waals surface area contributed by atoms with E-state index >= 15 is 0 Å². The number of nitrogens with one attached hydrogen (secondary N) is 1. The van der Waals surface area contributed by atoms with Crippen LogP contribution in [0.25, 0.3) is 0 Å². The molecule has 1 N–H and O–H groups in total. The number of hydrogen-bond donors (Lipinski definition) is 1. The van der Waals surface area contributed by atoms with Crippen molar-refractivity contribution in [1.29, 1.82) is 0 Å². The third-order valence-corrected chi connectivity index (χ3v) is 5.56. The summed E-state index contributed by atoms with van der Waals surface area (Å²) in [6.07, 6.45) is 6.65. The predicted molar refractivity (Wildman–Crippen MR) is 89.6 cm³/mol. The lowest BCUT2D eigenvalue weighted by atomic mass is 9.76. The smallest absolute Gasteiger partial charge is 0.0546 e.